The average molecular weight is 262 g/mol. The third-order valence-corrected chi connectivity index (χ3v) is 4.34. The summed E-state index contributed by atoms with van der Waals surface area (Å²) in [5.74, 6) is 0.603. The Bertz CT molecular complexity index is 220. The van der Waals surface area contributed by atoms with Crippen LogP contribution in [0.25, 0.3) is 0 Å². The highest BCUT2D eigenvalue weighted by atomic mass is 31.1. The molecule has 0 bridgehead atoms. The second kappa shape index (κ2) is 8.98. The molecular formula is C12H25NO3P+. The minimum atomic E-state index is -1.62. The van der Waals surface area contributed by atoms with Gasteiger partial charge in [-0.1, -0.05) is 19.3 Å². The van der Waals surface area contributed by atoms with Crippen LogP contribution in [0.1, 0.15) is 39.0 Å². The zero-order chi connectivity index (χ0) is 12.5. The second-order valence-electron chi connectivity index (χ2n) is 4.63. The van der Waals surface area contributed by atoms with Crippen LogP contribution in [0, 0.1) is 5.92 Å². The molecule has 1 aliphatic rings. The highest BCUT2D eigenvalue weighted by molar-refractivity contribution is 7.39. The van der Waals surface area contributed by atoms with Crippen molar-refractivity contribution < 1.29 is 13.8 Å². The number of nitrogens with two attached hydrogens (primary N) is 1. The van der Waals surface area contributed by atoms with Crippen molar-refractivity contribution in [2.24, 2.45) is 11.7 Å². The van der Waals surface area contributed by atoms with Gasteiger partial charge in [-0.05, 0) is 30.2 Å². The summed E-state index contributed by atoms with van der Waals surface area (Å²) < 4.78 is 22.5. The fraction of sp³-hybridized carbons (Fsp3) is 1.00. The van der Waals surface area contributed by atoms with Crippen LogP contribution in [0.3, 0.4) is 0 Å². The first-order valence-corrected chi connectivity index (χ1v) is 8.01. The van der Waals surface area contributed by atoms with Crippen molar-refractivity contribution in [3.05, 3.63) is 0 Å². The first kappa shape index (κ1) is 15.0. The third kappa shape index (κ3) is 6.46. The van der Waals surface area contributed by atoms with Gasteiger partial charge in [0.1, 0.15) is 12.7 Å². The van der Waals surface area contributed by atoms with E-state index < -0.39 is 8.03 Å². The molecule has 1 fully saturated rings. The molecule has 0 aromatic heterocycles. The maximum Gasteiger partial charge on any atom is 0.510 e. The quantitative estimate of drug-likeness (QED) is 0.683. The fourth-order valence-corrected chi connectivity index (χ4v) is 3.26. The Morgan fingerprint density at radius 3 is 2.65 bits per heavy atom. The third-order valence-electron chi connectivity index (χ3n) is 3.20. The lowest BCUT2D eigenvalue weighted by Gasteiger charge is -2.18. The van der Waals surface area contributed by atoms with Crippen molar-refractivity contribution >= 4 is 8.03 Å². The molecule has 0 aromatic carbocycles. The predicted molar refractivity (Wildman–Crippen MR) is 69.5 cm³/mol. The molecule has 1 saturated carbocycles. The summed E-state index contributed by atoms with van der Waals surface area (Å²) in [6, 6.07) is 0. The molecule has 100 valence electrons. The summed E-state index contributed by atoms with van der Waals surface area (Å²) in [7, 11) is -1.62. The molecular weight excluding hydrogens is 237 g/mol. The Morgan fingerprint density at radius 2 is 2.06 bits per heavy atom. The van der Waals surface area contributed by atoms with Crippen LogP contribution < -0.4 is 5.73 Å². The summed E-state index contributed by atoms with van der Waals surface area (Å²) in [4.78, 5) is 0. The van der Waals surface area contributed by atoms with Gasteiger partial charge in [0.05, 0.1) is 0 Å². The fourth-order valence-electron chi connectivity index (χ4n) is 2.19. The lowest BCUT2D eigenvalue weighted by atomic mass is 9.90. The van der Waals surface area contributed by atoms with E-state index in [9.17, 15) is 4.57 Å². The molecule has 2 N–H and O–H groups in total. The lowest BCUT2D eigenvalue weighted by molar-refractivity contribution is 0.0824. The topological polar surface area (TPSA) is 61.5 Å². The van der Waals surface area contributed by atoms with Crippen LogP contribution in [-0.2, 0) is 13.8 Å². The maximum absolute atomic E-state index is 11.7. The molecule has 0 amide bonds. The van der Waals surface area contributed by atoms with Crippen LogP contribution >= 0.6 is 8.03 Å². The van der Waals surface area contributed by atoms with Gasteiger partial charge in [-0.2, -0.15) is 0 Å². The van der Waals surface area contributed by atoms with E-state index in [1.807, 2.05) is 6.92 Å². The van der Waals surface area contributed by atoms with E-state index in [1.165, 1.54) is 32.1 Å². The Balaban J connectivity index is 2.14. The maximum atomic E-state index is 11.7. The van der Waals surface area contributed by atoms with Gasteiger partial charge in [0.2, 0.25) is 6.16 Å². The van der Waals surface area contributed by atoms with E-state index in [0.29, 0.717) is 31.8 Å². The van der Waals surface area contributed by atoms with Crippen molar-refractivity contribution in [1.82, 2.24) is 0 Å². The first-order valence-electron chi connectivity index (χ1n) is 6.65. The van der Waals surface area contributed by atoms with E-state index in [4.69, 9.17) is 15.0 Å². The van der Waals surface area contributed by atoms with Crippen LogP contribution in [0.4, 0.5) is 0 Å². The van der Waals surface area contributed by atoms with Crippen molar-refractivity contribution in [2.45, 2.75) is 45.1 Å². The van der Waals surface area contributed by atoms with Gasteiger partial charge < -0.3 is 10.5 Å². The zero-order valence-corrected chi connectivity index (χ0v) is 11.7. The van der Waals surface area contributed by atoms with Crippen LogP contribution in [-0.4, -0.2) is 32.0 Å². The van der Waals surface area contributed by atoms with Gasteiger partial charge in [-0.15, -0.1) is 4.52 Å². The van der Waals surface area contributed by atoms with Crippen LogP contribution in [0.5, 0.6) is 0 Å². The SMILES string of the molecule is CCO[C@H](CN)C[P+](=O)OCC1CCCCC1. The van der Waals surface area contributed by atoms with Crippen molar-refractivity contribution in [1.29, 1.82) is 0 Å². The molecule has 0 saturated heterocycles. The number of hydrogen-bond donors (Lipinski definition) is 1. The highest BCUT2D eigenvalue weighted by Gasteiger charge is 2.26. The zero-order valence-electron chi connectivity index (χ0n) is 10.8. The molecule has 2 atom stereocenters. The molecule has 4 nitrogen and oxygen atoms in total. The van der Waals surface area contributed by atoms with Crippen molar-refractivity contribution in [3.63, 3.8) is 0 Å². The smallest absolute Gasteiger partial charge is 0.373 e. The minimum absolute atomic E-state index is 0.130. The highest BCUT2D eigenvalue weighted by Crippen LogP contribution is 2.29. The molecule has 17 heavy (non-hydrogen) atoms. The standard InChI is InChI=1S/C12H25NO3P/c1-2-15-12(8-13)10-17(14)16-9-11-6-4-3-5-7-11/h11-12H,2-10,13H2,1H3/q+1/t12-/m1/s1. The predicted octanol–water partition coefficient (Wildman–Crippen LogP) is 2.69. The molecule has 5 heteroatoms. The van der Waals surface area contributed by atoms with E-state index in [2.05, 4.69) is 0 Å². The summed E-state index contributed by atoms with van der Waals surface area (Å²) in [6.45, 7) is 3.56. The van der Waals surface area contributed by atoms with E-state index >= 15 is 0 Å². The van der Waals surface area contributed by atoms with E-state index in [1.54, 1.807) is 0 Å². The van der Waals surface area contributed by atoms with E-state index in [-0.39, 0.29) is 6.10 Å². The Hall–Kier alpha value is -0.0200. The van der Waals surface area contributed by atoms with Gasteiger partial charge in [0.15, 0.2) is 0 Å². The van der Waals surface area contributed by atoms with Crippen LogP contribution in [0.15, 0.2) is 0 Å². The monoisotopic (exact) mass is 262 g/mol. The Morgan fingerprint density at radius 1 is 1.35 bits per heavy atom. The summed E-state index contributed by atoms with van der Waals surface area (Å²) in [5, 5.41) is 0. The molecule has 0 radical (unpaired) electrons. The number of ether oxygens (including phenoxy) is 1. The molecule has 0 aliphatic heterocycles. The largest absolute Gasteiger partial charge is 0.510 e. The van der Waals surface area contributed by atoms with Crippen molar-refractivity contribution in [3.8, 4) is 0 Å². The van der Waals surface area contributed by atoms with Crippen LogP contribution in [0.2, 0.25) is 0 Å². The molecule has 0 spiro atoms. The number of rotatable bonds is 8. The summed E-state index contributed by atoms with van der Waals surface area (Å²) in [6.07, 6.45) is 6.64. The molecule has 0 heterocycles. The average Bonchev–Trinajstić information content (AvgIpc) is 2.37. The van der Waals surface area contributed by atoms with Gasteiger partial charge >= 0.3 is 8.03 Å². The van der Waals surface area contributed by atoms with Gasteiger partial charge in [-0.3, -0.25) is 0 Å². The number of hydrogen-bond acceptors (Lipinski definition) is 4. The molecule has 1 unspecified atom stereocenters. The van der Waals surface area contributed by atoms with E-state index in [0.717, 1.165) is 0 Å². The van der Waals surface area contributed by atoms with Gasteiger partial charge in [0, 0.05) is 13.2 Å². The molecule has 1 aliphatic carbocycles. The minimum Gasteiger partial charge on any atom is -0.373 e. The van der Waals surface area contributed by atoms with Crippen molar-refractivity contribution in [2.75, 3.05) is 25.9 Å². The van der Waals surface area contributed by atoms with Gasteiger partial charge in [-0.25, -0.2) is 0 Å². The summed E-state index contributed by atoms with van der Waals surface area (Å²) >= 11 is 0. The molecule has 0 aromatic rings. The normalized spacial score (nSPS) is 20.2. The molecule has 1 rings (SSSR count). The first-order chi connectivity index (χ1) is 8.26. The second-order valence-corrected chi connectivity index (χ2v) is 5.92. The Labute approximate surface area is 105 Å². The lowest BCUT2D eigenvalue weighted by Crippen LogP contribution is -2.26. The summed E-state index contributed by atoms with van der Waals surface area (Å²) in [5.41, 5.74) is 5.54. The van der Waals surface area contributed by atoms with Gasteiger partial charge in [0.25, 0.3) is 0 Å². The Kier molecular flexibility index (Phi) is 7.95.